The van der Waals surface area contributed by atoms with E-state index in [0.29, 0.717) is 11.7 Å². The molecule has 1 N–H and O–H groups in total. The molecule has 4 rings (SSSR count). The molecule has 22 heavy (non-hydrogen) atoms. The van der Waals surface area contributed by atoms with Crippen LogP contribution in [0, 0.1) is 28.6 Å². The molecular weight excluding hydrogens is 272 g/mol. The average molecular weight is 302 g/mol. The lowest BCUT2D eigenvalue weighted by atomic mass is 9.46. The fraction of sp³-hybridized carbons (Fsp3) is 0.850. The van der Waals surface area contributed by atoms with Crippen molar-refractivity contribution in [2.45, 2.75) is 77.7 Å². The van der Waals surface area contributed by atoms with Crippen LogP contribution >= 0.6 is 0 Å². The van der Waals surface area contributed by atoms with Crippen LogP contribution in [-0.2, 0) is 4.79 Å². The first-order valence-electron chi connectivity index (χ1n) is 9.24. The molecular formula is C20H30O2. The molecule has 3 fully saturated rings. The van der Waals surface area contributed by atoms with Gasteiger partial charge in [-0.2, -0.15) is 0 Å². The molecule has 0 unspecified atom stereocenters. The maximum atomic E-state index is 11.8. The minimum absolute atomic E-state index is 0.107. The highest BCUT2D eigenvalue weighted by Gasteiger charge is 2.62. The Bertz CT molecular complexity index is 546. The van der Waals surface area contributed by atoms with Crippen LogP contribution in [0.3, 0.4) is 0 Å². The van der Waals surface area contributed by atoms with Crippen molar-refractivity contribution in [3.8, 4) is 0 Å². The van der Waals surface area contributed by atoms with Crippen LogP contribution in [0.5, 0.6) is 0 Å². The molecule has 0 radical (unpaired) electrons. The molecule has 0 spiro atoms. The normalized spacial score (nSPS) is 54.3. The molecule has 0 aromatic heterocycles. The number of carbonyl (C=O) groups excluding carboxylic acids is 1. The Morgan fingerprint density at radius 2 is 1.73 bits per heavy atom. The number of hydrogen-bond donors (Lipinski definition) is 1. The molecule has 2 heteroatoms. The molecule has 2 nitrogen and oxygen atoms in total. The van der Waals surface area contributed by atoms with Crippen molar-refractivity contribution in [1.82, 2.24) is 0 Å². The van der Waals surface area contributed by atoms with Crippen LogP contribution in [0.25, 0.3) is 0 Å². The van der Waals surface area contributed by atoms with Crippen molar-refractivity contribution in [3.63, 3.8) is 0 Å². The first kappa shape index (κ1) is 14.9. The lowest BCUT2D eigenvalue weighted by molar-refractivity contribution is -0.124. The van der Waals surface area contributed by atoms with Gasteiger partial charge < -0.3 is 5.11 Å². The summed E-state index contributed by atoms with van der Waals surface area (Å²) >= 11 is 0. The Kier molecular flexibility index (Phi) is 3.03. The second kappa shape index (κ2) is 4.47. The van der Waals surface area contributed by atoms with Gasteiger partial charge in [-0.3, -0.25) is 4.79 Å². The van der Waals surface area contributed by atoms with Gasteiger partial charge in [0.1, 0.15) is 0 Å². The maximum absolute atomic E-state index is 11.8. The summed E-state index contributed by atoms with van der Waals surface area (Å²) in [7, 11) is 0. The summed E-state index contributed by atoms with van der Waals surface area (Å²) in [5, 5.41) is 10.9. The largest absolute Gasteiger partial charge is 0.390 e. The predicted octanol–water partition coefficient (Wildman–Crippen LogP) is 4.27. The van der Waals surface area contributed by atoms with E-state index in [-0.39, 0.29) is 10.8 Å². The topological polar surface area (TPSA) is 37.3 Å². The second-order valence-electron chi connectivity index (χ2n) is 9.24. The van der Waals surface area contributed by atoms with Gasteiger partial charge in [0.05, 0.1) is 5.60 Å². The molecule has 3 saturated carbocycles. The second-order valence-corrected chi connectivity index (χ2v) is 9.24. The summed E-state index contributed by atoms with van der Waals surface area (Å²) < 4.78 is 0. The Morgan fingerprint density at radius 3 is 2.50 bits per heavy atom. The molecule has 4 aliphatic carbocycles. The Morgan fingerprint density at radius 1 is 1.00 bits per heavy atom. The number of ketones is 1. The van der Waals surface area contributed by atoms with Gasteiger partial charge in [0.15, 0.2) is 5.78 Å². The molecule has 122 valence electrons. The van der Waals surface area contributed by atoms with E-state index < -0.39 is 5.60 Å². The third kappa shape index (κ3) is 1.74. The summed E-state index contributed by atoms with van der Waals surface area (Å²) in [5.41, 5.74) is 1.32. The van der Waals surface area contributed by atoms with Crippen LogP contribution in [0.2, 0.25) is 0 Å². The quantitative estimate of drug-likeness (QED) is 0.725. The monoisotopic (exact) mass is 302 g/mol. The molecule has 0 amide bonds. The highest BCUT2D eigenvalue weighted by molar-refractivity contribution is 5.91. The van der Waals surface area contributed by atoms with Crippen LogP contribution in [0.1, 0.15) is 72.1 Å². The Labute approximate surface area is 134 Å². The molecule has 0 saturated heterocycles. The molecule has 0 aromatic carbocycles. The SMILES string of the molecule is C[C@]12CCC(=O)C=C1CC[C@H]1[C@H]3CC[C@@](C)(O)[C@@]3(C)CC[C@@H]12. The zero-order valence-electron chi connectivity index (χ0n) is 14.3. The van der Waals surface area contributed by atoms with Crippen LogP contribution in [0.4, 0.5) is 0 Å². The van der Waals surface area contributed by atoms with E-state index in [4.69, 9.17) is 0 Å². The first-order chi connectivity index (χ1) is 10.3. The van der Waals surface area contributed by atoms with Gasteiger partial charge in [0.25, 0.3) is 0 Å². The number of aliphatic hydroxyl groups is 1. The minimum Gasteiger partial charge on any atom is -0.390 e. The fourth-order valence-corrected chi connectivity index (χ4v) is 6.80. The minimum atomic E-state index is -0.484. The van der Waals surface area contributed by atoms with Crippen molar-refractivity contribution in [2.24, 2.45) is 28.6 Å². The number of carbonyl (C=O) groups is 1. The summed E-state index contributed by atoms with van der Waals surface area (Å²) in [6.07, 6.45) is 10.7. The summed E-state index contributed by atoms with van der Waals surface area (Å²) in [4.78, 5) is 11.8. The number of allylic oxidation sites excluding steroid dienone is 1. The molecule has 0 bridgehead atoms. The average Bonchev–Trinajstić information content (AvgIpc) is 2.70. The van der Waals surface area contributed by atoms with E-state index in [1.807, 2.05) is 6.08 Å². The Balaban J connectivity index is 1.70. The van der Waals surface area contributed by atoms with E-state index in [0.717, 1.165) is 43.9 Å². The van der Waals surface area contributed by atoms with Gasteiger partial charge in [0, 0.05) is 6.42 Å². The van der Waals surface area contributed by atoms with Crippen molar-refractivity contribution in [1.29, 1.82) is 0 Å². The molecule has 6 atom stereocenters. The lowest BCUT2D eigenvalue weighted by Gasteiger charge is -2.58. The summed E-state index contributed by atoms with van der Waals surface area (Å²) in [6.45, 7) is 6.85. The van der Waals surface area contributed by atoms with Gasteiger partial charge in [0.2, 0.25) is 0 Å². The van der Waals surface area contributed by atoms with Gasteiger partial charge in [-0.15, -0.1) is 0 Å². The van der Waals surface area contributed by atoms with Crippen molar-refractivity contribution >= 4 is 5.78 Å². The maximum Gasteiger partial charge on any atom is 0.155 e. The van der Waals surface area contributed by atoms with E-state index in [1.165, 1.54) is 24.8 Å². The smallest absolute Gasteiger partial charge is 0.155 e. The number of rotatable bonds is 0. The van der Waals surface area contributed by atoms with Gasteiger partial charge in [-0.25, -0.2) is 0 Å². The van der Waals surface area contributed by atoms with Crippen LogP contribution < -0.4 is 0 Å². The predicted molar refractivity (Wildman–Crippen MR) is 87.3 cm³/mol. The Hall–Kier alpha value is -0.630. The zero-order valence-corrected chi connectivity index (χ0v) is 14.3. The van der Waals surface area contributed by atoms with Gasteiger partial charge in [-0.1, -0.05) is 19.4 Å². The summed E-state index contributed by atoms with van der Waals surface area (Å²) in [6, 6.07) is 0. The number of hydrogen-bond acceptors (Lipinski definition) is 2. The molecule has 0 heterocycles. The van der Waals surface area contributed by atoms with E-state index in [1.54, 1.807) is 0 Å². The van der Waals surface area contributed by atoms with E-state index in [2.05, 4.69) is 20.8 Å². The fourth-order valence-electron chi connectivity index (χ4n) is 6.80. The van der Waals surface area contributed by atoms with Crippen LogP contribution in [-0.4, -0.2) is 16.5 Å². The standard InChI is InChI=1S/C20H30O2/c1-18-9-6-14(21)12-13(18)4-5-15-16(18)7-10-19(2)17(15)8-11-20(19,3)22/h12,15-17,22H,4-11H2,1-3H3/t15-,16+,17-,18+,19+,20-/m1/s1. The van der Waals surface area contributed by atoms with E-state index in [9.17, 15) is 9.90 Å². The highest BCUT2D eigenvalue weighted by Crippen LogP contribution is 2.67. The highest BCUT2D eigenvalue weighted by atomic mass is 16.3. The van der Waals surface area contributed by atoms with Gasteiger partial charge >= 0.3 is 0 Å². The van der Waals surface area contributed by atoms with Crippen LogP contribution in [0.15, 0.2) is 11.6 Å². The van der Waals surface area contributed by atoms with Crippen molar-refractivity contribution in [3.05, 3.63) is 11.6 Å². The molecule has 0 aliphatic heterocycles. The van der Waals surface area contributed by atoms with Crippen molar-refractivity contribution < 1.29 is 9.90 Å². The zero-order chi connectivity index (χ0) is 15.8. The third-order valence-electron chi connectivity index (χ3n) is 8.52. The lowest BCUT2D eigenvalue weighted by Crippen LogP contribution is -2.53. The third-order valence-corrected chi connectivity index (χ3v) is 8.52. The van der Waals surface area contributed by atoms with E-state index >= 15 is 0 Å². The molecule has 4 aliphatic rings. The number of fused-ring (bicyclic) bond motifs is 5. The first-order valence-corrected chi connectivity index (χ1v) is 9.24. The summed E-state index contributed by atoms with van der Waals surface area (Å²) in [5.74, 6) is 2.50. The van der Waals surface area contributed by atoms with Gasteiger partial charge in [-0.05, 0) is 86.5 Å². The molecule has 0 aromatic rings. The van der Waals surface area contributed by atoms with Crippen molar-refractivity contribution in [2.75, 3.05) is 0 Å².